The van der Waals surface area contributed by atoms with Gasteiger partial charge in [-0.05, 0) is 12.8 Å². The number of unbranched alkanes of at least 4 members (excludes halogenated alkanes) is 1. The zero-order chi connectivity index (χ0) is 12.4. The van der Waals surface area contributed by atoms with Crippen molar-refractivity contribution in [3.8, 4) is 0 Å². The van der Waals surface area contributed by atoms with Crippen molar-refractivity contribution in [1.29, 1.82) is 0 Å². The molecule has 0 N–H and O–H groups in total. The van der Waals surface area contributed by atoms with Crippen LogP contribution < -0.4 is 0 Å². The summed E-state index contributed by atoms with van der Waals surface area (Å²) in [5.41, 5.74) is 0.398. The van der Waals surface area contributed by atoms with Crippen LogP contribution in [-0.4, -0.2) is 25.7 Å². The largest absolute Gasteiger partial charge is 0.466 e. The Balaban J connectivity index is 4.08. The lowest BCUT2D eigenvalue weighted by atomic mass is 10.2. The van der Waals surface area contributed by atoms with Crippen LogP contribution in [-0.2, 0) is 19.1 Å². The van der Waals surface area contributed by atoms with Crippen molar-refractivity contribution in [3.63, 3.8) is 0 Å². The molecule has 0 aromatic heterocycles. The van der Waals surface area contributed by atoms with Crippen LogP contribution in [0.25, 0.3) is 0 Å². The predicted octanol–water partition coefficient (Wildman–Crippen LogP) is 2.23. The molecule has 16 heavy (non-hydrogen) atoms. The van der Waals surface area contributed by atoms with Gasteiger partial charge in [-0.1, -0.05) is 26.3 Å². The number of ether oxygens (including phenoxy) is 2. The van der Waals surface area contributed by atoms with Crippen molar-refractivity contribution in [1.82, 2.24) is 0 Å². The van der Waals surface area contributed by atoms with Crippen molar-refractivity contribution in [2.24, 2.45) is 0 Å². The molecule has 92 valence electrons. The zero-order valence-corrected chi connectivity index (χ0v) is 10.2. The fraction of sp³-hybridized carbons (Fsp3) is 0.667. The molecule has 0 saturated heterocycles. The summed E-state index contributed by atoms with van der Waals surface area (Å²) in [6.07, 6.45) is 4.57. The van der Waals surface area contributed by atoms with Crippen molar-refractivity contribution in [2.45, 2.75) is 39.5 Å². The topological polar surface area (TPSA) is 52.6 Å². The van der Waals surface area contributed by atoms with Gasteiger partial charge in [0.15, 0.2) is 0 Å². The van der Waals surface area contributed by atoms with Crippen LogP contribution in [0.4, 0.5) is 0 Å². The van der Waals surface area contributed by atoms with Crippen LogP contribution in [0.1, 0.15) is 39.5 Å². The van der Waals surface area contributed by atoms with Gasteiger partial charge in [-0.25, -0.2) is 4.79 Å². The van der Waals surface area contributed by atoms with Gasteiger partial charge >= 0.3 is 11.9 Å². The quantitative estimate of drug-likeness (QED) is 0.495. The van der Waals surface area contributed by atoms with Crippen molar-refractivity contribution < 1.29 is 19.1 Å². The summed E-state index contributed by atoms with van der Waals surface area (Å²) in [4.78, 5) is 22.5. The highest BCUT2D eigenvalue weighted by atomic mass is 16.5. The van der Waals surface area contributed by atoms with E-state index in [1.165, 1.54) is 7.11 Å². The minimum atomic E-state index is -0.440. The minimum absolute atomic E-state index is 0.00304. The van der Waals surface area contributed by atoms with Gasteiger partial charge in [0.25, 0.3) is 0 Å². The second-order valence-electron chi connectivity index (χ2n) is 3.39. The third-order valence-corrected chi connectivity index (χ3v) is 2.02. The Morgan fingerprint density at radius 3 is 2.44 bits per heavy atom. The van der Waals surface area contributed by atoms with Crippen molar-refractivity contribution >= 4 is 11.9 Å². The Morgan fingerprint density at radius 1 is 1.25 bits per heavy atom. The fourth-order valence-electron chi connectivity index (χ4n) is 1.13. The van der Waals surface area contributed by atoms with Gasteiger partial charge in [-0.2, -0.15) is 0 Å². The highest BCUT2D eigenvalue weighted by molar-refractivity contribution is 5.89. The van der Waals surface area contributed by atoms with Gasteiger partial charge in [-0.15, -0.1) is 0 Å². The average molecular weight is 228 g/mol. The van der Waals surface area contributed by atoms with Crippen molar-refractivity contribution in [3.05, 3.63) is 11.6 Å². The first-order chi connectivity index (χ1) is 7.65. The van der Waals surface area contributed by atoms with Gasteiger partial charge in [0.05, 0.1) is 12.7 Å². The van der Waals surface area contributed by atoms with Crippen LogP contribution in [0.15, 0.2) is 11.6 Å². The summed E-state index contributed by atoms with van der Waals surface area (Å²) < 4.78 is 9.55. The molecule has 0 saturated carbocycles. The lowest BCUT2D eigenvalue weighted by Crippen LogP contribution is -2.14. The molecule has 0 amide bonds. The average Bonchev–Trinajstić information content (AvgIpc) is 2.30. The van der Waals surface area contributed by atoms with Gasteiger partial charge in [-0.3, -0.25) is 4.79 Å². The van der Waals surface area contributed by atoms with E-state index in [1.807, 2.05) is 13.8 Å². The maximum absolute atomic E-state index is 11.2. The summed E-state index contributed by atoms with van der Waals surface area (Å²) in [5.74, 6) is -0.710. The number of esters is 2. The van der Waals surface area contributed by atoms with E-state index in [-0.39, 0.29) is 12.6 Å². The third kappa shape index (κ3) is 6.22. The first-order valence-electron chi connectivity index (χ1n) is 5.58. The van der Waals surface area contributed by atoms with E-state index in [4.69, 9.17) is 4.74 Å². The molecule has 0 aliphatic heterocycles. The summed E-state index contributed by atoms with van der Waals surface area (Å²) >= 11 is 0. The molecular formula is C12H20O4. The number of hydrogen-bond donors (Lipinski definition) is 0. The molecule has 0 atom stereocenters. The molecule has 0 aliphatic carbocycles. The smallest absolute Gasteiger partial charge is 0.336 e. The Labute approximate surface area is 96.6 Å². The lowest BCUT2D eigenvalue weighted by molar-refractivity contribution is -0.144. The standard InChI is InChI=1S/C12H20O4/c1-4-6-8-11(13)16-9-10(7-5-2)12(14)15-3/h7H,4-6,8-9H2,1-3H3. The van der Waals surface area contributed by atoms with Gasteiger partial charge in [0.2, 0.25) is 0 Å². The SMILES string of the molecule is CCC=C(COC(=O)CCCC)C(=O)OC. The van der Waals surface area contributed by atoms with Gasteiger partial charge < -0.3 is 9.47 Å². The highest BCUT2D eigenvalue weighted by Crippen LogP contribution is 2.03. The first kappa shape index (κ1) is 14.7. The molecule has 0 heterocycles. The molecule has 4 heteroatoms. The molecule has 0 spiro atoms. The van der Waals surface area contributed by atoms with Crippen LogP contribution in [0.2, 0.25) is 0 Å². The number of methoxy groups -OCH3 is 1. The second kappa shape index (κ2) is 8.95. The number of allylic oxidation sites excluding steroid dienone is 1. The van der Waals surface area contributed by atoms with E-state index >= 15 is 0 Å². The zero-order valence-electron chi connectivity index (χ0n) is 10.2. The van der Waals surface area contributed by atoms with Gasteiger partial charge in [0.1, 0.15) is 6.61 Å². The summed E-state index contributed by atoms with van der Waals surface area (Å²) in [6, 6.07) is 0. The van der Waals surface area contributed by atoms with E-state index in [1.54, 1.807) is 6.08 Å². The first-order valence-corrected chi connectivity index (χ1v) is 5.58. The lowest BCUT2D eigenvalue weighted by Gasteiger charge is -2.06. The number of carbonyl (C=O) groups excluding carboxylic acids is 2. The molecule has 0 radical (unpaired) electrons. The van der Waals surface area contributed by atoms with E-state index < -0.39 is 5.97 Å². The molecular weight excluding hydrogens is 208 g/mol. The van der Waals surface area contributed by atoms with E-state index in [0.717, 1.165) is 12.8 Å². The maximum atomic E-state index is 11.2. The van der Waals surface area contributed by atoms with Crippen LogP contribution in [0.3, 0.4) is 0 Å². The predicted molar refractivity (Wildman–Crippen MR) is 60.9 cm³/mol. The Morgan fingerprint density at radius 2 is 1.94 bits per heavy atom. The molecule has 0 aromatic carbocycles. The van der Waals surface area contributed by atoms with Crippen molar-refractivity contribution in [2.75, 3.05) is 13.7 Å². The molecule has 0 unspecified atom stereocenters. The fourth-order valence-corrected chi connectivity index (χ4v) is 1.13. The molecule has 4 nitrogen and oxygen atoms in total. The molecule has 0 rings (SSSR count). The Kier molecular flexibility index (Phi) is 8.21. The second-order valence-corrected chi connectivity index (χ2v) is 3.39. The van der Waals surface area contributed by atoms with E-state index in [2.05, 4.69) is 4.74 Å². The van der Waals surface area contributed by atoms with Crippen LogP contribution in [0.5, 0.6) is 0 Å². The highest BCUT2D eigenvalue weighted by Gasteiger charge is 2.11. The molecule has 0 fully saturated rings. The van der Waals surface area contributed by atoms with Gasteiger partial charge in [0, 0.05) is 6.42 Å². The van der Waals surface area contributed by atoms with Crippen LogP contribution in [0, 0.1) is 0 Å². The summed E-state index contributed by atoms with van der Waals surface area (Å²) in [7, 11) is 1.31. The number of carbonyl (C=O) groups is 2. The number of rotatable bonds is 7. The number of hydrogen-bond acceptors (Lipinski definition) is 4. The van der Waals surface area contributed by atoms with E-state index in [9.17, 15) is 9.59 Å². The van der Waals surface area contributed by atoms with Crippen LogP contribution >= 0.6 is 0 Å². The maximum Gasteiger partial charge on any atom is 0.336 e. The Hall–Kier alpha value is -1.32. The Bertz CT molecular complexity index is 256. The monoisotopic (exact) mass is 228 g/mol. The third-order valence-electron chi connectivity index (χ3n) is 2.02. The molecule has 0 aromatic rings. The molecule has 0 aliphatic rings. The summed E-state index contributed by atoms with van der Waals surface area (Å²) in [6.45, 7) is 3.91. The summed E-state index contributed by atoms with van der Waals surface area (Å²) in [5, 5.41) is 0. The van der Waals surface area contributed by atoms with E-state index in [0.29, 0.717) is 18.4 Å². The normalized spacial score (nSPS) is 11.1. The molecule has 0 bridgehead atoms. The minimum Gasteiger partial charge on any atom is -0.466 e.